The van der Waals surface area contributed by atoms with Crippen LogP contribution in [0.25, 0.3) is 5.76 Å². The van der Waals surface area contributed by atoms with E-state index >= 15 is 0 Å². The van der Waals surface area contributed by atoms with Crippen LogP contribution in [0.2, 0.25) is 5.02 Å². The fraction of sp³-hybridized carbons (Fsp3) is 0.0625. The molecule has 0 unspecified atom stereocenters. The van der Waals surface area contributed by atoms with Gasteiger partial charge in [0.1, 0.15) is 5.76 Å². The Bertz CT molecular complexity index is 633. The molecule has 0 bridgehead atoms. The van der Waals surface area contributed by atoms with Crippen molar-refractivity contribution in [3.8, 4) is 0 Å². The van der Waals surface area contributed by atoms with Gasteiger partial charge in [0.25, 0.3) is 0 Å². The number of aliphatic hydroxyl groups is 1. The Morgan fingerprint density at radius 2 is 1.65 bits per heavy atom. The van der Waals surface area contributed by atoms with Gasteiger partial charge in [0.2, 0.25) is 0 Å². The molecule has 0 saturated heterocycles. The van der Waals surface area contributed by atoms with Crippen LogP contribution >= 0.6 is 23.4 Å². The molecule has 1 N–H and O–H groups in total. The summed E-state index contributed by atoms with van der Waals surface area (Å²) in [5.41, 5.74) is 0.624. The predicted molar refractivity (Wildman–Crippen MR) is 84.0 cm³/mol. The minimum Gasteiger partial charge on any atom is -0.506 e. The highest BCUT2D eigenvalue weighted by atomic mass is 35.5. The summed E-state index contributed by atoms with van der Waals surface area (Å²) in [4.78, 5) is 12.9. The zero-order chi connectivity index (χ0) is 14.5. The third kappa shape index (κ3) is 3.65. The Balaban J connectivity index is 2.36. The van der Waals surface area contributed by atoms with Gasteiger partial charge in [-0.15, -0.1) is 0 Å². The topological polar surface area (TPSA) is 37.3 Å². The number of Topliss-reactive ketones (excluding diaryl/α,β-unsaturated/α-hetero) is 1. The maximum atomic E-state index is 11.8. The molecule has 2 nitrogen and oxygen atoms in total. The number of allylic oxidation sites excluding steroid dienone is 1. The second kappa shape index (κ2) is 6.64. The molecule has 0 aromatic heterocycles. The normalized spacial score (nSPS) is 11.9. The zero-order valence-corrected chi connectivity index (χ0v) is 12.4. The summed E-state index contributed by atoms with van der Waals surface area (Å²) in [6.45, 7) is 1.44. The van der Waals surface area contributed by atoms with E-state index in [1.54, 1.807) is 24.3 Å². The molecule has 2 rings (SSSR count). The molecule has 0 amide bonds. The van der Waals surface area contributed by atoms with Crippen molar-refractivity contribution < 1.29 is 9.90 Å². The number of rotatable bonds is 4. The molecular formula is C16H13ClO2S. The molecular weight excluding hydrogens is 292 g/mol. The Hall–Kier alpha value is -1.71. The van der Waals surface area contributed by atoms with Crippen molar-refractivity contribution in [3.05, 3.63) is 70.1 Å². The molecule has 2 aromatic rings. The molecule has 2 aromatic carbocycles. The molecule has 0 fully saturated rings. The van der Waals surface area contributed by atoms with Crippen LogP contribution in [0.4, 0.5) is 0 Å². The first kappa shape index (κ1) is 14.7. The van der Waals surface area contributed by atoms with Crippen molar-refractivity contribution in [3.63, 3.8) is 0 Å². The van der Waals surface area contributed by atoms with E-state index in [-0.39, 0.29) is 11.5 Å². The van der Waals surface area contributed by atoms with E-state index in [9.17, 15) is 9.90 Å². The van der Waals surface area contributed by atoms with Crippen LogP contribution in [0.3, 0.4) is 0 Å². The number of carbonyl (C=O) groups is 1. The van der Waals surface area contributed by atoms with Crippen LogP contribution in [0.15, 0.2) is 64.4 Å². The average Bonchev–Trinajstić information content (AvgIpc) is 2.46. The van der Waals surface area contributed by atoms with Crippen LogP contribution in [0, 0.1) is 0 Å². The van der Waals surface area contributed by atoms with Gasteiger partial charge in [-0.2, -0.15) is 0 Å². The Labute approximate surface area is 127 Å². The number of ketones is 1. The molecule has 102 valence electrons. The lowest BCUT2D eigenvalue weighted by Gasteiger charge is -2.08. The van der Waals surface area contributed by atoms with E-state index in [0.717, 1.165) is 4.90 Å². The number of hydrogen-bond donors (Lipinski definition) is 1. The van der Waals surface area contributed by atoms with Crippen molar-refractivity contribution >= 4 is 34.9 Å². The molecule has 0 saturated carbocycles. The number of aliphatic hydroxyl groups excluding tert-OH is 1. The maximum Gasteiger partial charge on any atom is 0.170 e. The first-order chi connectivity index (χ1) is 9.58. The standard InChI is InChI=1S/C16H13ClO2S/c1-11(18)16(15(19)12-5-3-2-4-6-12)20-14-9-7-13(17)8-10-14/h2-10,19H,1H3/b16-15+. The van der Waals surface area contributed by atoms with Gasteiger partial charge >= 0.3 is 0 Å². The molecule has 0 spiro atoms. The molecule has 20 heavy (non-hydrogen) atoms. The van der Waals surface area contributed by atoms with Crippen LogP contribution in [0.5, 0.6) is 0 Å². The van der Waals surface area contributed by atoms with Gasteiger partial charge in [-0.05, 0) is 31.2 Å². The second-order valence-electron chi connectivity index (χ2n) is 4.16. The quantitative estimate of drug-likeness (QED) is 0.493. The molecule has 0 atom stereocenters. The van der Waals surface area contributed by atoms with E-state index in [0.29, 0.717) is 15.5 Å². The van der Waals surface area contributed by atoms with Crippen LogP contribution in [-0.2, 0) is 4.79 Å². The van der Waals surface area contributed by atoms with Crippen molar-refractivity contribution in [2.24, 2.45) is 0 Å². The van der Waals surface area contributed by atoms with Crippen LogP contribution in [-0.4, -0.2) is 10.9 Å². The first-order valence-electron chi connectivity index (χ1n) is 6.01. The lowest BCUT2D eigenvalue weighted by atomic mass is 10.1. The number of carbonyl (C=O) groups excluding carboxylic acids is 1. The molecule has 0 aliphatic carbocycles. The van der Waals surface area contributed by atoms with E-state index in [2.05, 4.69) is 0 Å². The Morgan fingerprint density at radius 3 is 2.20 bits per heavy atom. The number of thioether (sulfide) groups is 1. The number of hydrogen-bond acceptors (Lipinski definition) is 3. The van der Waals surface area contributed by atoms with Crippen LogP contribution in [0.1, 0.15) is 12.5 Å². The fourth-order valence-electron chi connectivity index (χ4n) is 1.63. The van der Waals surface area contributed by atoms with Gasteiger partial charge in [0.15, 0.2) is 5.78 Å². The predicted octanol–water partition coefficient (Wildman–Crippen LogP) is 4.95. The molecule has 0 radical (unpaired) electrons. The highest BCUT2D eigenvalue weighted by Gasteiger charge is 2.14. The van der Waals surface area contributed by atoms with Gasteiger partial charge < -0.3 is 5.11 Å². The Kier molecular flexibility index (Phi) is 4.88. The lowest BCUT2D eigenvalue weighted by molar-refractivity contribution is -0.112. The largest absolute Gasteiger partial charge is 0.506 e. The monoisotopic (exact) mass is 304 g/mol. The summed E-state index contributed by atoms with van der Waals surface area (Å²) < 4.78 is 0. The SMILES string of the molecule is CC(=O)/C(Sc1ccc(Cl)cc1)=C(\O)c1ccccc1. The Morgan fingerprint density at radius 1 is 1.05 bits per heavy atom. The summed E-state index contributed by atoms with van der Waals surface area (Å²) in [5.74, 6) is -0.177. The average molecular weight is 305 g/mol. The van der Waals surface area contributed by atoms with Crippen molar-refractivity contribution in [2.45, 2.75) is 11.8 Å². The van der Waals surface area contributed by atoms with Crippen molar-refractivity contribution in [2.75, 3.05) is 0 Å². The van der Waals surface area contributed by atoms with Crippen molar-refractivity contribution in [1.82, 2.24) is 0 Å². The van der Waals surface area contributed by atoms with E-state index in [1.807, 2.05) is 30.3 Å². The molecule has 0 aliphatic heterocycles. The molecule has 0 heterocycles. The van der Waals surface area contributed by atoms with Gasteiger partial charge in [0, 0.05) is 15.5 Å². The lowest BCUT2D eigenvalue weighted by Crippen LogP contribution is -1.98. The highest BCUT2D eigenvalue weighted by Crippen LogP contribution is 2.32. The molecule has 0 aliphatic rings. The summed E-state index contributed by atoms with van der Waals surface area (Å²) in [6, 6.07) is 16.1. The van der Waals surface area contributed by atoms with Gasteiger partial charge in [-0.25, -0.2) is 0 Å². The molecule has 4 heteroatoms. The van der Waals surface area contributed by atoms with Gasteiger partial charge in [-0.1, -0.05) is 53.7 Å². The van der Waals surface area contributed by atoms with Gasteiger partial charge in [-0.3, -0.25) is 4.79 Å². The summed E-state index contributed by atoms with van der Waals surface area (Å²) in [6.07, 6.45) is 0. The summed E-state index contributed by atoms with van der Waals surface area (Å²) in [5, 5.41) is 10.9. The number of benzene rings is 2. The summed E-state index contributed by atoms with van der Waals surface area (Å²) >= 11 is 7.06. The third-order valence-electron chi connectivity index (χ3n) is 2.62. The number of halogens is 1. The van der Waals surface area contributed by atoms with Gasteiger partial charge in [0.05, 0.1) is 4.91 Å². The first-order valence-corrected chi connectivity index (χ1v) is 7.20. The smallest absolute Gasteiger partial charge is 0.170 e. The third-order valence-corrected chi connectivity index (χ3v) is 4.06. The minimum atomic E-state index is -0.175. The summed E-state index contributed by atoms with van der Waals surface area (Å²) in [7, 11) is 0. The highest BCUT2D eigenvalue weighted by molar-refractivity contribution is 8.04. The minimum absolute atomic E-state index is 0.00181. The van der Waals surface area contributed by atoms with Crippen molar-refractivity contribution in [1.29, 1.82) is 0 Å². The maximum absolute atomic E-state index is 11.8. The fourth-order valence-corrected chi connectivity index (χ4v) is 2.63. The van der Waals surface area contributed by atoms with E-state index < -0.39 is 0 Å². The van der Waals surface area contributed by atoms with E-state index in [1.165, 1.54) is 18.7 Å². The van der Waals surface area contributed by atoms with E-state index in [4.69, 9.17) is 11.6 Å². The second-order valence-corrected chi connectivity index (χ2v) is 5.68. The zero-order valence-electron chi connectivity index (χ0n) is 10.8. The van der Waals surface area contributed by atoms with Crippen LogP contribution < -0.4 is 0 Å².